The third-order valence-corrected chi connectivity index (χ3v) is 4.12. The van der Waals surface area contributed by atoms with Crippen molar-refractivity contribution in [2.24, 2.45) is 0 Å². The molecule has 0 spiro atoms. The largest absolute Gasteiger partial charge is 0.486 e. The Balaban J connectivity index is 1.80. The van der Waals surface area contributed by atoms with Crippen LogP contribution in [-0.4, -0.2) is 13.2 Å². The van der Waals surface area contributed by atoms with Crippen molar-refractivity contribution in [1.82, 2.24) is 0 Å². The summed E-state index contributed by atoms with van der Waals surface area (Å²) in [7, 11) is 0. The maximum atomic E-state index is 5.64. The highest BCUT2D eigenvalue weighted by molar-refractivity contribution is 9.10. The summed E-state index contributed by atoms with van der Waals surface area (Å²) in [6.07, 6.45) is 0. The Morgan fingerprint density at radius 2 is 1.81 bits per heavy atom. The smallest absolute Gasteiger partial charge is 0.161 e. The van der Waals surface area contributed by atoms with Gasteiger partial charge in [0.2, 0.25) is 0 Å². The molecule has 0 aliphatic carbocycles. The number of ether oxygens (including phenoxy) is 2. The van der Waals surface area contributed by atoms with Crippen molar-refractivity contribution in [3.05, 3.63) is 52.0 Å². The Bertz CT molecular complexity index is 657. The summed E-state index contributed by atoms with van der Waals surface area (Å²) in [5.74, 6) is 1.66. The fraction of sp³-hybridized carbons (Fsp3) is 0.294. The van der Waals surface area contributed by atoms with E-state index >= 15 is 0 Å². The number of hydrogen-bond donors (Lipinski definition) is 1. The van der Waals surface area contributed by atoms with E-state index in [0.717, 1.165) is 21.7 Å². The minimum Gasteiger partial charge on any atom is -0.486 e. The normalized spacial score (nSPS) is 14.6. The Morgan fingerprint density at radius 1 is 1.05 bits per heavy atom. The lowest BCUT2D eigenvalue weighted by atomic mass is 10.1. The standard InChI is InChI=1S/C17H18BrNO2/c1-11-9-14(18)4-5-15(11)19-12(2)13-3-6-16-17(10-13)21-8-7-20-16/h3-6,9-10,12,19H,7-8H2,1-2H3. The molecule has 1 unspecified atom stereocenters. The maximum Gasteiger partial charge on any atom is 0.161 e. The quantitative estimate of drug-likeness (QED) is 0.872. The second kappa shape index (κ2) is 5.98. The molecule has 0 saturated heterocycles. The van der Waals surface area contributed by atoms with Crippen LogP contribution in [0.1, 0.15) is 24.1 Å². The first kappa shape index (κ1) is 14.3. The first-order chi connectivity index (χ1) is 10.1. The van der Waals surface area contributed by atoms with Gasteiger partial charge in [-0.3, -0.25) is 0 Å². The van der Waals surface area contributed by atoms with Crippen molar-refractivity contribution in [3.8, 4) is 11.5 Å². The molecule has 1 aliphatic heterocycles. The van der Waals surface area contributed by atoms with Gasteiger partial charge < -0.3 is 14.8 Å². The Kier molecular flexibility index (Phi) is 4.06. The first-order valence-corrected chi connectivity index (χ1v) is 7.85. The summed E-state index contributed by atoms with van der Waals surface area (Å²) >= 11 is 3.49. The number of halogens is 1. The molecule has 1 atom stereocenters. The minimum absolute atomic E-state index is 0.195. The molecule has 1 heterocycles. The van der Waals surface area contributed by atoms with E-state index in [-0.39, 0.29) is 6.04 Å². The van der Waals surface area contributed by atoms with Crippen LogP contribution in [0.5, 0.6) is 11.5 Å². The van der Waals surface area contributed by atoms with Crippen LogP contribution in [0.15, 0.2) is 40.9 Å². The van der Waals surface area contributed by atoms with Gasteiger partial charge in [-0.15, -0.1) is 0 Å². The highest BCUT2D eigenvalue weighted by Gasteiger charge is 2.14. The fourth-order valence-corrected chi connectivity index (χ4v) is 2.91. The fourth-order valence-electron chi connectivity index (χ4n) is 2.43. The van der Waals surface area contributed by atoms with E-state index in [1.165, 1.54) is 11.1 Å². The molecule has 0 radical (unpaired) electrons. The molecule has 0 amide bonds. The molecule has 1 N–H and O–H groups in total. The van der Waals surface area contributed by atoms with Crippen LogP contribution in [0.3, 0.4) is 0 Å². The molecule has 2 aromatic carbocycles. The first-order valence-electron chi connectivity index (χ1n) is 7.06. The lowest BCUT2D eigenvalue weighted by Crippen LogP contribution is -2.16. The average molecular weight is 348 g/mol. The van der Waals surface area contributed by atoms with E-state index in [0.29, 0.717) is 13.2 Å². The number of nitrogens with one attached hydrogen (secondary N) is 1. The number of aryl methyl sites for hydroxylation is 1. The van der Waals surface area contributed by atoms with Crippen LogP contribution in [0.2, 0.25) is 0 Å². The zero-order chi connectivity index (χ0) is 14.8. The third-order valence-electron chi connectivity index (χ3n) is 3.63. The van der Waals surface area contributed by atoms with Crippen LogP contribution in [0, 0.1) is 6.92 Å². The highest BCUT2D eigenvalue weighted by atomic mass is 79.9. The predicted octanol–water partition coefficient (Wildman–Crippen LogP) is 4.70. The van der Waals surface area contributed by atoms with Crippen LogP contribution < -0.4 is 14.8 Å². The molecule has 3 rings (SSSR count). The molecule has 3 nitrogen and oxygen atoms in total. The second-order valence-electron chi connectivity index (χ2n) is 5.23. The van der Waals surface area contributed by atoms with Crippen LogP contribution in [0.25, 0.3) is 0 Å². The van der Waals surface area contributed by atoms with Crippen molar-refractivity contribution in [1.29, 1.82) is 0 Å². The highest BCUT2D eigenvalue weighted by Crippen LogP contribution is 2.33. The van der Waals surface area contributed by atoms with E-state index in [9.17, 15) is 0 Å². The molecular weight excluding hydrogens is 330 g/mol. The van der Waals surface area contributed by atoms with Crippen LogP contribution in [0.4, 0.5) is 5.69 Å². The maximum absolute atomic E-state index is 5.64. The Hall–Kier alpha value is -1.68. The summed E-state index contributed by atoms with van der Waals surface area (Å²) in [5, 5.41) is 3.54. The van der Waals surface area contributed by atoms with Gasteiger partial charge in [-0.1, -0.05) is 22.0 Å². The molecule has 21 heavy (non-hydrogen) atoms. The molecule has 0 fully saturated rings. The van der Waals surface area contributed by atoms with Gasteiger partial charge in [0.25, 0.3) is 0 Å². The number of fused-ring (bicyclic) bond motifs is 1. The van der Waals surface area contributed by atoms with Gasteiger partial charge >= 0.3 is 0 Å². The number of hydrogen-bond acceptors (Lipinski definition) is 3. The topological polar surface area (TPSA) is 30.5 Å². The Labute approximate surface area is 133 Å². The number of benzene rings is 2. The van der Waals surface area contributed by atoms with Gasteiger partial charge in [0.05, 0.1) is 0 Å². The molecule has 0 saturated carbocycles. The van der Waals surface area contributed by atoms with Gasteiger partial charge in [0, 0.05) is 16.2 Å². The zero-order valence-corrected chi connectivity index (χ0v) is 13.7. The Morgan fingerprint density at radius 3 is 2.57 bits per heavy atom. The molecule has 4 heteroatoms. The van der Waals surface area contributed by atoms with Gasteiger partial charge in [-0.25, -0.2) is 0 Å². The molecule has 2 aromatic rings. The lowest BCUT2D eigenvalue weighted by molar-refractivity contribution is 0.171. The van der Waals surface area contributed by atoms with Gasteiger partial charge in [0.15, 0.2) is 11.5 Å². The summed E-state index contributed by atoms with van der Waals surface area (Å²) in [6.45, 7) is 5.48. The van der Waals surface area contributed by atoms with Gasteiger partial charge in [0.1, 0.15) is 13.2 Å². The van der Waals surface area contributed by atoms with Crippen molar-refractivity contribution < 1.29 is 9.47 Å². The van der Waals surface area contributed by atoms with Crippen LogP contribution >= 0.6 is 15.9 Å². The number of rotatable bonds is 3. The zero-order valence-electron chi connectivity index (χ0n) is 12.2. The molecular formula is C17H18BrNO2. The van der Waals surface area contributed by atoms with E-state index in [4.69, 9.17) is 9.47 Å². The summed E-state index contributed by atoms with van der Waals surface area (Å²) in [4.78, 5) is 0. The molecule has 0 bridgehead atoms. The van der Waals surface area contributed by atoms with Crippen molar-refractivity contribution in [2.75, 3.05) is 18.5 Å². The third kappa shape index (κ3) is 3.16. The lowest BCUT2D eigenvalue weighted by Gasteiger charge is -2.22. The molecule has 0 aromatic heterocycles. The summed E-state index contributed by atoms with van der Waals surface area (Å²) in [5.41, 5.74) is 3.54. The molecule has 110 valence electrons. The monoisotopic (exact) mass is 347 g/mol. The predicted molar refractivity (Wildman–Crippen MR) is 88.3 cm³/mol. The van der Waals surface area contributed by atoms with Crippen molar-refractivity contribution in [3.63, 3.8) is 0 Å². The minimum atomic E-state index is 0.195. The van der Waals surface area contributed by atoms with E-state index in [1.54, 1.807) is 0 Å². The van der Waals surface area contributed by atoms with Crippen LogP contribution in [-0.2, 0) is 0 Å². The van der Waals surface area contributed by atoms with Gasteiger partial charge in [-0.05, 0) is 55.3 Å². The van der Waals surface area contributed by atoms with Gasteiger partial charge in [-0.2, -0.15) is 0 Å². The summed E-state index contributed by atoms with van der Waals surface area (Å²) in [6, 6.07) is 12.6. The van der Waals surface area contributed by atoms with E-state index in [1.807, 2.05) is 12.1 Å². The average Bonchev–Trinajstić information content (AvgIpc) is 2.49. The van der Waals surface area contributed by atoms with E-state index < -0.39 is 0 Å². The summed E-state index contributed by atoms with van der Waals surface area (Å²) < 4.78 is 12.3. The number of anilines is 1. The second-order valence-corrected chi connectivity index (χ2v) is 6.14. The van der Waals surface area contributed by atoms with Crippen molar-refractivity contribution in [2.45, 2.75) is 19.9 Å². The van der Waals surface area contributed by atoms with Crippen molar-refractivity contribution >= 4 is 21.6 Å². The SMILES string of the molecule is Cc1cc(Br)ccc1NC(C)c1ccc2c(c1)OCCO2. The van der Waals surface area contributed by atoms with E-state index in [2.05, 4.69) is 59.4 Å². The molecule has 1 aliphatic rings.